The molecule has 0 aromatic heterocycles. The first-order chi connectivity index (χ1) is 4.26. The Labute approximate surface area is 52.5 Å². The van der Waals surface area contributed by atoms with E-state index in [-0.39, 0.29) is 13.2 Å². The van der Waals surface area contributed by atoms with Crippen LogP contribution < -0.4 is 5.48 Å². The Hall–Kier alpha value is -0.200. The Morgan fingerprint density at radius 2 is 1.67 bits per heavy atom. The number of aliphatic hydroxyl groups is 3. The zero-order valence-electron chi connectivity index (χ0n) is 4.86. The van der Waals surface area contributed by atoms with Crippen LogP contribution in [0.2, 0.25) is 0 Å². The molecule has 0 saturated heterocycles. The van der Waals surface area contributed by atoms with Crippen molar-refractivity contribution in [3.63, 3.8) is 0 Å². The topological polar surface area (TPSA) is 93.0 Å². The van der Waals surface area contributed by atoms with Crippen LogP contribution in [0.1, 0.15) is 0 Å². The highest BCUT2D eigenvalue weighted by atomic mass is 16.5. The summed E-state index contributed by atoms with van der Waals surface area (Å²) < 4.78 is 0. The van der Waals surface area contributed by atoms with Gasteiger partial charge in [-0.1, -0.05) is 0 Å². The molecule has 1 unspecified atom stereocenters. The first-order valence-corrected chi connectivity index (χ1v) is 2.55. The van der Waals surface area contributed by atoms with E-state index in [1.165, 1.54) is 5.48 Å². The number of rotatable bonds is 4. The highest BCUT2D eigenvalue weighted by Gasteiger charge is 2.15. The second-order valence-electron chi connectivity index (χ2n) is 1.70. The second kappa shape index (κ2) is 4.66. The minimum atomic E-state index is -1.26. The van der Waals surface area contributed by atoms with E-state index in [2.05, 4.69) is 0 Å². The van der Waals surface area contributed by atoms with Gasteiger partial charge in [-0.05, 0) is 0 Å². The van der Waals surface area contributed by atoms with Crippen LogP contribution in [0.25, 0.3) is 0 Å². The van der Waals surface area contributed by atoms with Gasteiger partial charge in [0.05, 0.1) is 13.2 Å². The standard InChI is InChI=1S/C4H11NO4/c6-1-3(2-7)4(8)5-9/h3-9H,1-2H2. The molecule has 0 spiro atoms. The second-order valence-corrected chi connectivity index (χ2v) is 1.70. The number of nitrogens with one attached hydrogen (secondary N) is 1. The van der Waals surface area contributed by atoms with Gasteiger partial charge in [-0.15, -0.1) is 0 Å². The predicted octanol–water partition coefficient (Wildman–Crippen LogP) is -2.12. The molecule has 0 bridgehead atoms. The SMILES string of the molecule is OCC(CO)C(O)NO. The molecule has 0 amide bonds. The highest BCUT2D eigenvalue weighted by molar-refractivity contribution is 4.59. The summed E-state index contributed by atoms with van der Waals surface area (Å²) in [5.41, 5.74) is 1.50. The Kier molecular flexibility index (Phi) is 4.55. The lowest BCUT2D eigenvalue weighted by Crippen LogP contribution is -2.37. The van der Waals surface area contributed by atoms with E-state index in [9.17, 15) is 0 Å². The van der Waals surface area contributed by atoms with Crippen molar-refractivity contribution in [2.45, 2.75) is 6.23 Å². The van der Waals surface area contributed by atoms with Crippen LogP contribution in [-0.2, 0) is 0 Å². The Morgan fingerprint density at radius 3 is 1.78 bits per heavy atom. The Morgan fingerprint density at radius 1 is 1.22 bits per heavy atom. The van der Waals surface area contributed by atoms with Crippen molar-refractivity contribution in [3.05, 3.63) is 0 Å². The average molecular weight is 137 g/mol. The summed E-state index contributed by atoms with van der Waals surface area (Å²) in [5.74, 6) is -0.727. The number of aliphatic hydroxyl groups excluding tert-OH is 3. The normalized spacial score (nSPS) is 14.3. The third kappa shape index (κ3) is 2.73. The lowest BCUT2D eigenvalue weighted by molar-refractivity contribution is -0.0619. The molecule has 0 aliphatic rings. The van der Waals surface area contributed by atoms with Gasteiger partial charge in [-0.25, -0.2) is 0 Å². The summed E-state index contributed by atoms with van der Waals surface area (Å²) in [4.78, 5) is 0. The lowest BCUT2D eigenvalue weighted by atomic mass is 10.1. The van der Waals surface area contributed by atoms with Crippen molar-refractivity contribution in [3.8, 4) is 0 Å². The largest absolute Gasteiger partial charge is 0.396 e. The van der Waals surface area contributed by atoms with Gasteiger partial charge in [0.1, 0.15) is 6.23 Å². The summed E-state index contributed by atoms with van der Waals surface area (Å²) in [6, 6.07) is 0. The summed E-state index contributed by atoms with van der Waals surface area (Å²) in [6.45, 7) is -0.740. The van der Waals surface area contributed by atoms with Crippen LogP contribution in [-0.4, -0.2) is 40.0 Å². The van der Waals surface area contributed by atoms with Gasteiger partial charge in [0.15, 0.2) is 0 Å². The maximum Gasteiger partial charge on any atom is 0.134 e. The Balaban J connectivity index is 3.50. The summed E-state index contributed by atoms with van der Waals surface area (Å²) in [7, 11) is 0. The van der Waals surface area contributed by atoms with Crippen LogP contribution in [0.5, 0.6) is 0 Å². The molecule has 0 aromatic rings. The minimum Gasteiger partial charge on any atom is -0.396 e. The van der Waals surface area contributed by atoms with Crippen LogP contribution in [0, 0.1) is 5.92 Å². The summed E-state index contributed by atoms with van der Waals surface area (Å²) in [5, 5.41) is 33.4. The van der Waals surface area contributed by atoms with E-state index in [1.54, 1.807) is 0 Å². The van der Waals surface area contributed by atoms with E-state index in [4.69, 9.17) is 20.5 Å². The van der Waals surface area contributed by atoms with Crippen molar-refractivity contribution >= 4 is 0 Å². The fourth-order valence-electron chi connectivity index (χ4n) is 0.363. The van der Waals surface area contributed by atoms with E-state index in [0.29, 0.717) is 0 Å². The quantitative estimate of drug-likeness (QED) is 0.226. The van der Waals surface area contributed by atoms with Gasteiger partial charge in [0.2, 0.25) is 0 Å². The maximum atomic E-state index is 8.64. The van der Waals surface area contributed by atoms with E-state index in [1.807, 2.05) is 0 Å². The fraction of sp³-hybridized carbons (Fsp3) is 1.00. The van der Waals surface area contributed by atoms with Gasteiger partial charge in [-0.3, -0.25) is 0 Å². The van der Waals surface area contributed by atoms with Gasteiger partial charge in [-0.2, -0.15) is 5.48 Å². The third-order valence-corrected chi connectivity index (χ3v) is 1.05. The first-order valence-electron chi connectivity index (χ1n) is 2.55. The first kappa shape index (κ1) is 8.80. The average Bonchev–Trinajstić information content (AvgIpc) is 1.90. The Bertz CT molecular complexity index is 65.6. The van der Waals surface area contributed by atoms with Crippen molar-refractivity contribution in [2.24, 2.45) is 5.92 Å². The molecule has 9 heavy (non-hydrogen) atoms. The number of hydrogen-bond donors (Lipinski definition) is 5. The van der Waals surface area contributed by atoms with Crippen molar-refractivity contribution in [1.82, 2.24) is 5.48 Å². The molecule has 0 saturated carbocycles. The molecule has 5 heteroatoms. The van der Waals surface area contributed by atoms with Crippen LogP contribution in [0.3, 0.4) is 0 Å². The smallest absolute Gasteiger partial charge is 0.134 e. The molecule has 0 fully saturated rings. The van der Waals surface area contributed by atoms with Gasteiger partial charge >= 0.3 is 0 Å². The molecule has 0 rings (SSSR count). The monoisotopic (exact) mass is 137 g/mol. The minimum absolute atomic E-state index is 0.370. The molecule has 0 aliphatic carbocycles. The summed E-state index contributed by atoms with van der Waals surface area (Å²) in [6.07, 6.45) is -1.26. The number of hydrogen-bond acceptors (Lipinski definition) is 5. The van der Waals surface area contributed by atoms with E-state index < -0.39 is 12.1 Å². The molecule has 0 aliphatic heterocycles. The summed E-state index contributed by atoms with van der Waals surface area (Å²) >= 11 is 0. The molecule has 0 aromatic carbocycles. The van der Waals surface area contributed by atoms with Gasteiger partial charge in [0.25, 0.3) is 0 Å². The molecule has 5 N–H and O–H groups in total. The van der Waals surface area contributed by atoms with Gasteiger partial charge in [0, 0.05) is 5.92 Å². The van der Waals surface area contributed by atoms with Crippen LogP contribution in [0.4, 0.5) is 0 Å². The highest BCUT2D eigenvalue weighted by Crippen LogP contribution is 1.96. The van der Waals surface area contributed by atoms with Crippen molar-refractivity contribution in [1.29, 1.82) is 0 Å². The zero-order valence-corrected chi connectivity index (χ0v) is 4.86. The molecular weight excluding hydrogens is 126 g/mol. The molecule has 0 radical (unpaired) electrons. The molecular formula is C4H11NO4. The molecule has 0 heterocycles. The fourth-order valence-corrected chi connectivity index (χ4v) is 0.363. The molecule has 56 valence electrons. The number of hydroxylamine groups is 1. The van der Waals surface area contributed by atoms with Crippen molar-refractivity contribution < 1.29 is 20.5 Å². The lowest BCUT2D eigenvalue weighted by Gasteiger charge is -2.15. The molecule has 5 nitrogen and oxygen atoms in total. The predicted molar refractivity (Wildman–Crippen MR) is 28.6 cm³/mol. The van der Waals surface area contributed by atoms with Gasteiger partial charge < -0.3 is 20.5 Å². The zero-order chi connectivity index (χ0) is 7.28. The third-order valence-electron chi connectivity index (χ3n) is 1.05. The maximum absolute atomic E-state index is 8.64. The van der Waals surface area contributed by atoms with Crippen molar-refractivity contribution in [2.75, 3.05) is 13.2 Å². The van der Waals surface area contributed by atoms with Crippen LogP contribution in [0.15, 0.2) is 0 Å². The van der Waals surface area contributed by atoms with Crippen LogP contribution >= 0.6 is 0 Å². The van der Waals surface area contributed by atoms with E-state index in [0.717, 1.165) is 0 Å². The van der Waals surface area contributed by atoms with E-state index >= 15 is 0 Å². The molecule has 1 atom stereocenters.